The number of nitrogens with zero attached hydrogens (tertiary/aromatic N) is 3. The fraction of sp³-hybridized carbons (Fsp3) is 0.423. The van der Waals surface area contributed by atoms with E-state index in [1.807, 2.05) is 12.1 Å². The zero-order valence-corrected chi connectivity index (χ0v) is 21.8. The van der Waals surface area contributed by atoms with Gasteiger partial charge in [0.25, 0.3) is 6.01 Å². The van der Waals surface area contributed by atoms with Crippen LogP contribution in [0.2, 0.25) is 0 Å². The molecule has 10 heteroatoms. The van der Waals surface area contributed by atoms with Crippen molar-refractivity contribution in [3.8, 4) is 0 Å². The highest BCUT2D eigenvalue weighted by atomic mass is 16.6. The number of nitrogens with one attached hydrogen (secondary N) is 2. The molecule has 2 amide bonds. The molecule has 2 heterocycles. The lowest BCUT2D eigenvalue weighted by Gasteiger charge is -2.30. The number of carbonyl (C=O) groups is 2. The maximum Gasteiger partial charge on any atom is 0.412 e. The second kappa shape index (κ2) is 10.3. The summed E-state index contributed by atoms with van der Waals surface area (Å²) in [6, 6.07) is 6.98. The number of benzene rings is 1. The maximum absolute atomic E-state index is 13.1. The molecule has 10 nitrogen and oxygen atoms in total. The third kappa shape index (κ3) is 6.59. The van der Waals surface area contributed by atoms with Crippen molar-refractivity contribution in [1.82, 2.24) is 14.9 Å². The summed E-state index contributed by atoms with van der Waals surface area (Å²) in [5, 5.41) is 5.83. The SMILES string of the molecule is Cc1c(NC(=O)OC(C)(C)C)ccc2nc(NC(C)(C)C(=O)N(C)CCc3cccnc3)oc(=O)c12. The first-order valence-corrected chi connectivity index (χ1v) is 11.6. The van der Waals surface area contributed by atoms with Crippen LogP contribution in [-0.4, -0.2) is 51.6 Å². The number of likely N-dealkylation sites (N-methyl/N-ethyl adjacent to an activating group) is 1. The topological polar surface area (TPSA) is 127 Å². The number of ether oxygens (including phenoxy) is 1. The number of aromatic nitrogens is 2. The predicted octanol–water partition coefficient (Wildman–Crippen LogP) is 4.13. The Balaban J connectivity index is 1.76. The number of carbonyl (C=O) groups excluding carboxylic acids is 2. The van der Waals surface area contributed by atoms with E-state index >= 15 is 0 Å². The Hall–Kier alpha value is -3.95. The van der Waals surface area contributed by atoms with Gasteiger partial charge in [0.05, 0.1) is 10.9 Å². The third-order valence-electron chi connectivity index (χ3n) is 5.45. The van der Waals surface area contributed by atoms with E-state index in [1.165, 1.54) is 0 Å². The minimum Gasteiger partial charge on any atom is -0.444 e. The van der Waals surface area contributed by atoms with E-state index in [2.05, 4.69) is 20.6 Å². The normalized spacial score (nSPS) is 11.8. The van der Waals surface area contributed by atoms with Crippen LogP contribution in [0.4, 0.5) is 16.5 Å². The Morgan fingerprint density at radius 1 is 1.14 bits per heavy atom. The standard InChI is InChI=1S/C26H33N5O5/c1-16-18(29-24(34)36-25(2,3)4)10-11-19-20(16)21(32)35-23(28-19)30-26(5,6)22(33)31(7)14-12-17-9-8-13-27-15-17/h8-11,13,15H,12,14H2,1-7H3,(H,28,30)(H,29,34). The van der Waals surface area contributed by atoms with Gasteiger partial charge in [-0.15, -0.1) is 0 Å². The van der Waals surface area contributed by atoms with Gasteiger partial charge < -0.3 is 19.4 Å². The molecule has 3 rings (SSSR count). The lowest BCUT2D eigenvalue weighted by atomic mass is 10.0. The lowest BCUT2D eigenvalue weighted by Crippen LogP contribution is -2.49. The first-order chi connectivity index (χ1) is 16.8. The van der Waals surface area contributed by atoms with Gasteiger partial charge in [-0.05, 0) is 77.3 Å². The monoisotopic (exact) mass is 495 g/mol. The van der Waals surface area contributed by atoms with Gasteiger partial charge in [0, 0.05) is 31.7 Å². The minimum atomic E-state index is -1.09. The van der Waals surface area contributed by atoms with Crippen LogP contribution in [0.25, 0.3) is 10.9 Å². The molecule has 2 N–H and O–H groups in total. The van der Waals surface area contributed by atoms with Gasteiger partial charge in [0.2, 0.25) is 5.91 Å². The van der Waals surface area contributed by atoms with Gasteiger partial charge in [0.1, 0.15) is 11.1 Å². The summed E-state index contributed by atoms with van der Waals surface area (Å²) >= 11 is 0. The lowest BCUT2D eigenvalue weighted by molar-refractivity contribution is -0.133. The van der Waals surface area contributed by atoms with Crippen LogP contribution in [0.5, 0.6) is 0 Å². The molecule has 192 valence electrons. The van der Waals surface area contributed by atoms with Crippen LogP contribution in [0.3, 0.4) is 0 Å². The first-order valence-electron chi connectivity index (χ1n) is 11.6. The average molecular weight is 496 g/mol. The van der Waals surface area contributed by atoms with Gasteiger partial charge in [-0.1, -0.05) is 6.07 Å². The number of hydrogen-bond donors (Lipinski definition) is 2. The van der Waals surface area contributed by atoms with Crippen molar-refractivity contribution in [3.63, 3.8) is 0 Å². The molecular weight excluding hydrogens is 462 g/mol. The molecule has 0 saturated carbocycles. The second-order valence-electron chi connectivity index (χ2n) is 10.2. The summed E-state index contributed by atoms with van der Waals surface area (Å²) in [5.41, 5.74) is -0.0780. The molecular formula is C26H33N5O5. The maximum atomic E-state index is 13.1. The van der Waals surface area contributed by atoms with Gasteiger partial charge >= 0.3 is 11.7 Å². The van der Waals surface area contributed by atoms with Crippen molar-refractivity contribution in [2.45, 2.75) is 59.1 Å². The third-order valence-corrected chi connectivity index (χ3v) is 5.45. The van der Waals surface area contributed by atoms with E-state index in [4.69, 9.17) is 9.15 Å². The molecule has 3 aromatic rings. The molecule has 0 atom stereocenters. The van der Waals surface area contributed by atoms with Crippen molar-refractivity contribution < 1.29 is 18.7 Å². The summed E-state index contributed by atoms with van der Waals surface area (Å²) in [6.45, 7) is 10.9. The first kappa shape index (κ1) is 26.7. The Labute approximate surface area is 210 Å². The number of rotatable bonds is 7. The quantitative estimate of drug-likeness (QED) is 0.501. The molecule has 0 spiro atoms. The summed E-state index contributed by atoms with van der Waals surface area (Å²) in [7, 11) is 1.72. The fourth-order valence-electron chi connectivity index (χ4n) is 3.66. The van der Waals surface area contributed by atoms with Crippen LogP contribution >= 0.6 is 0 Å². The molecule has 0 aliphatic heterocycles. The van der Waals surface area contributed by atoms with E-state index in [1.54, 1.807) is 78.0 Å². The van der Waals surface area contributed by atoms with Crippen LogP contribution in [0.1, 0.15) is 45.7 Å². The van der Waals surface area contributed by atoms with Crippen LogP contribution in [-0.2, 0) is 16.0 Å². The predicted molar refractivity (Wildman–Crippen MR) is 138 cm³/mol. The van der Waals surface area contributed by atoms with Crippen molar-refractivity contribution >= 4 is 34.6 Å². The number of fused-ring (bicyclic) bond motifs is 1. The number of aryl methyl sites for hydroxylation is 1. The second-order valence-corrected chi connectivity index (χ2v) is 10.2. The molecule has 0 aliphatic rings. The van der Waals surface area contributed by atoms with Gasteiger partial charge in [-0.25, -0.2) is 9.59 Å². The van der Waals surface area contributed by atoms with Crippen molar-refractivity contribution in [3.05, 3.63) is 58.2 Å². The molecule has 2 aromatic heterocycles. The van der Waals surface area contributed by atoms with Crippen molar-refractivity contribution in [1.29, 1.82) is 0 Å². The smallest absolute Gasteiger partial charge is 0.412 e. The number of amides is 2. The molecule has 0 saturated heterocycles. The Morgan fingerprint density at radius 2 is 1.86 bits per heavy atom. The molecule has 36 heavy (non-hydrogen) atoms. The van der Waals surface area contributed by atoms with Gasteiger partial charge in [-0.3, -0.25) is 15.1 Å². The van der Waals surface area contributed by atoms with Crippen LogP contribution < -0.4 is 16.3 Å². The van der Waals surface area contributed by atoms with Crippen molar-refractivity contribution in [2.75, 3.05) is 24.2 Å². The molecule has 0 bridgehead atoms. The van der Waals surface area contributed by atoms with E-state index in [9.17, 15) is 14.4 Å². The number of hydrogen-bond acceptors (Lipinski definition) is 8. The largest absolute Gasteiger partial charge is 0.444 e. The highest BCUT2D eigenvalue weighted by molar-refractivity contribution is 5.93. The Bertz CT molecular complexity index is 1310. The highest BCUT2D eigenvalue weighted by Gasteiger charge is 2.32. The number of pyridine rings is 1. The van der Waals surface area contributed by atoms with E-state index in [-0.39, 0.29) is 17.3 Å². The summed E-state index contributed by atoms with van der Waals surface area (Å²) in [6.07, 6.45) is 3.50. The van der Waals surface area contributed by atoms with E-state index in [0.717, 1.165) is 5.56 Å². The minimum absolute atomic E-state index is 0.0706. The number of anilines is 2. The summed E-state index contributed by atoms with van der Waals surface area (Å²) in [5.74, 6) is -0.191. The van der Waals surface area contributed by atoms with E-state index < -0.39 is 22.9 Å². The van der Waals surface area contributed by atoms with Gasteiger partial charge in [-0.2, -0.15) is 4.98 Å². The average Bonchev–Trinajstić information content (AvgIpc) is 2.77. The fourth-order valence-corrected chi connectivity index (χ4v) is 3.66. The molecule has 0 aliphatic carbocycles. The Morgan fingerprint density at radius 3 is 2.50 bits per heavy atom. The highest BCUT2D eigenvalue weighted by Crippen LogP contribution is 2.25. The molecule has 0 radical (unpaired) electrons. The van der Waals surface area contributed by atoms with E-state index in [0.29, 0.717) is 29.7 Å². The van der Waals surface area contributed by atoms with Crippen molar-refractivity contribution in [2.24, 2.45) is 0 Å². The zero-order valence-electron chi connectivity index (χ0n) is 21.8. The van der Waals surface area contributed by atoms with Crippen LogP contribution in [0, 0.1) is 6.92 Å². The molecule has 0 fully saturated rings. The summed E-state index contributed by atoms with van der Waals surface area (Å²) in [4.78, 5) is 48.2. The Kier molecular flexibility index (Phi) is 7.66. The summed E-state index contributed by atoms with van der Waals surface area (Å²) < 4.78 is 10.7. The van der Waals surface area contributed by atoms with Crippen LogP contribution in [0.15, 0.2) is 45.9 Å². The molecule has 0 unspecified atom stereocenters. The molecule has 1 aromatic carbocycles. The van der Waals surface area contributed by atoms with Gasteiger partial charge in [0.15, 0.2) is 0 Å². The zero-order chi connectivity index (χ0) is 26.7.